The molecule has 0 saturated carbocycles. The summed E-state index contributed by atoms with van der Waals surface area (Å²) in [7, 11) is 0. The SMILES string of the molecule is Cc1cc(N2CCN(CCN=C/C(COCCC[SH+]N3CCC(Nc4ncc(C(F)(F)F)c(/C(C=NCC(C)(C)O)=C/N)n4)CC3)=N\N)CC2)ccc1C(=O)NC1CCC(=O)NC1=O. The molecule has 5 rings (SSSR count). The van der Waals surface area contributed by atoms with Crippen molar-refractivity contribution >= 4 is 65.0 Å². The summed E-state index contributed by atoms with van der Waals surface area (Å²) in [5, 5.41) is 21.9. The van der Waals surface area contributed by atoms with Crippen LogP contribution in [0.2, 0.25) is 0 Å². The zero-order chi connectivity index (χ0) is 46.3. The fourth-order valence-corrected chi connectivity index (χ4v) is 8.26. The number of nitrogens with one attached hydrogen (secondary N) is 3. The predicted molar refractivity (Wildman–Crippen MR) is 245 cm³/mol. The van der Waals surface area contributed by atoms with E-state index in [0.29, 0.717) is 24.4 Å². The molecule has 3 aliphatic heterocycles. The second kappa shape index (κ2) is 23.7. The Balaban J connectivity index is 0.934. The normalized spacial score (nSPS) is 19.2. The standard InChI is InChI=1S/C42H60F3N13O5S/c1-28-21-32(5-6-33(28)38(60)52-35-7-8-36(59)53-39(35)61)57-17-15-56(16-18-57)14-11-48-24-31(55-47)26-63-19-4-20-64-58-12-9-30(10-13-58)51-40-50-25-34(42(43,44)45)37(54-40)29(22-46)23-49-27-41(2,3)62/h5-6,21-25,30,35,62H,4,7-20,26-27,46-47H2,1-3H3,(H,52,60)(H,50,51,54)(H,53,59,61)/p+1/b29-22+,48-24?,49-23?,55-31+. The highest BCUT2D eigenvalue weighted by atomic mass is 32.2. The third-order valence-corrected chi connectivity index (χ3v) is 12.1. The lowest BCUT2D eigenvalue weighted by Gasteiger charge is -2.36. The number of alkyl halides is 3. The number of ether oxygens (including phenoxy) is 1. The van der Waals surface area contributed by atoms with Gasteiger partial charge in [-0.2, -0.15) is 18.3 Å². The number of carbonyl (C=O) groups is 3. The Bertz CT molecular complexity index is 2030. The molecule has 0 radical (unpaired) electrons. The van der Waals surface area contributed by atoms with Crippen LogP contribution in [0, 0.1) is 6.92 Å². The number of anilines is 2. The molecule has 4 heterocycles. The van der Waals surface area contributed by atoms with E-state index < -0.39 is 29.3 Å². The van der Waals surface area contributed by atoms with Gasteiger partial charge in [-0.3, -0.25) is 34.6 Å². The van der Waals surface area contributed by atoms with Crippen LogP contribution in [0.5, 0.6) is 0 Å². The maximum absolute atomic E-state index is 13.8. The Hall–Kier alpha value is -5.16. The van der Waals surface area contributed by atoms with Crippen molar-refractivity contribution in [1.29, 1.82) is 0 Å². The molecular formula is C42H61F3N13O5S+. The average Bonchev–Trinajstić information content (AvgIpc) is 3.25. The van der Waals surface area contributed by atoms with Crippen LogP contribution < -0.4 is 32.4 Å². The van der Waals surface area contributed by atoms with Crippen molar-refractivity contribution in [2.75, 3.05) is 88.1 Å². The van der Waals surface area contributed by atoms with Crippen molar-refractivity contribution < 1.29 is 37.4 Å². The quantitative estimate of drug-likeness (QED) is 0.0211. The van der Waals surface area contributed by atoms with Crippen LogP contribution in [0.15, 0.2) is 45.7 Å². The number of thiol groups is 1. The number of aryl methyl sites for hydroxylation is 1. The van der Waals surface area contributed by atoms with Crippen molar-refractivity contribution in [3.8, 4) is 0 Å². The number of aromatic nitrogens is 2. The minimum Gasteiger partial charge on any atom is -0.404 e. The number of amides is 3. The Labute approximate surface area is 375 Å². The molecule has 0 aliphatic carbocycles. The van der Waals surface area contributed by atoms with Crippen LogP contribution in [-0.2, 0) is 32.5 Å². The fourth-order valence-electron chi connectivity index (χ4n) is 7.19. The average molecular weight is 917 g/mol. The first kappa shape index (κ1) is 49.8. The molecule has 3 saturated heterocycles. The van der Waals surface area contributed by atoms with Crippen LogP contribution in [0.3, 0.4) is 0 Å². The Morgan fingerprint density at radius 1 is 1.09 bits per heavy atom. The Morgan fingerprint density at radius 3 is 2.50 bits per heavy atom. The van der Waals surface area contributed by atoms with E-state index in [9.17, 15) is 32.7 Å². The lowest BCUT2D eigenvalue weighted by atomic mass is 10.0. The molecule has 1 aromatic carbocycles. The van der Waals surface area contributed by atoms with Crippen LogP contribution in [-0.4, -0.2) is 156 Å². The number of hydrogen-bond donors (Lipinski definition) is 6. The molecule has 1 aromatic heterocycles. The molecule has 0 bridgehead atoms. The smallest absolute Gasteiger partial charge is 0.404 e. The Morgan fingerprint density at radius 2 is 1.84 bits per heavy atom. The molecule has 3 fully saturated rings. The van der Waals surface area contributed by atoms with Gasteiger partial charge in [0, 0.05) is 106 Å². The van der Waals surface area contributed by atoms with Gasteiger partial charge >= 0.3 is 6.18 Å². The number of halogens is 3. The number of benzene rings is 1. The van der Waals surface area contributed by atoms with E-state index in [1.807, 2.05) is 19.1 Å². The molecule has 2 aromatic rings. The van der Waals surface area contributed by atoms with Gasteiger partial charge in [-0.25, -0.2) is 9.97 Å². The van der Waals surface area contributed by atoms with Crippen LogP contribution >= 0.6 is 0 Å². The molecule has 0 spiro atoms. The molecule has 350 valence electrons. The summed E-state index contributed by atoms with van der Waals surface area (Å²) in [6, 6.07) is 4.95. The van der Waals surface area contributed by atoms with E-state index in [0.717, 1.165) is 94.5 Å². The number of allylic oxidation sites excluding steroid dienone is 1. The number of carbonyl (C=O) groups excluding carboxylic acids is 3. The first-order valence-corrected chi connectivity index (χ1v) is 22.4. The number of piperazine rings is 1. The molecule has 3 aliphatic rings. The second-order valence-corrected chi connectivity index (χ2v) is 17.8. The predicted octanol–water partition coefficient (Wildman–Crippen LogP) is 1.70. The van der Waals surface area contributed by atoms with E-state index in [-0.39, 0.29) is 61.1 Å². The maximum Gasteiger partial charge on any atom is 0.419 e. The fraction of sp³-hybridized carbons (Fsp3) is 0.571. The van der Waals surface area contributed by atoms with E-state index in [1.54, 1.807) is 26.1 Å². The third kappa shape index (κ3) is 15.5. The third-order valence-electron chi connectivity index (χ3n) is 10.7. The lowest BCUT2D eigenvalue weighted by molar-refractivity contribution is -0.138. The van der Waals surface area contributed by atoms with Gasteiger partial charge in [0.05, 0.1) is 49.5 Å². The van der Waals surface area contributed by atoms with Gasteiger partial charge in [0.15, 0.2) is 0 Å². The summed E-state index contributed by atoms with van der Waals surface area (Å²) in [5.74, 6) is 5.43. The molecule has 64 heavy (non-hydrogen) atoms. The van der Waals surface area contributed by atoms with E-state index >= 15 is 0 Å². The van der Waals surface area contributed by atoms with E-state index in [4.69, 9.17) is 16.3 Å². The highest BCUT2D eigenvalue weighted by Gasteiger charge is 2.36. The number of rotatable bonds is 20. The van der Waals surface area contributed by atoms with Gasteiger partial charge in [-0.15, -0.1) is 4.31 Å². The molecule has 22 heteroatoms. The van der Waals surface area contributed by atoms with Gasteiger partial charge < -0.3 is 37.0 Å². The maximum atomic E-state index is 13.8. The van der Waals surface area contributed by atoms with Crippen molar-refractivity contribution in [3.05, 3.63) is 53.0 Å². The molecule has 1 unspecified atom stereocenters. The summed E-state index contributed by atoms with van der Waals surface area (Å²) >= 11 is 1.17. The number of hydrazone groups is 1. The van der Waals surface area contributed by atoms with Gasteiger partial charge in [0.2, 0.25) is 17.8 Å². The van der Waals surface area contributed by atoms with E-state index in [2.05, 4.69) is 55.1 Å². The highest BCUT2D eigenvalue weighted by molar-refractivity contribution is 7.76. The van der Waals surface area contributed by atoms with Crippen LogP contribution in [0.4, 0.5) is 24.8 Å². The minimum absolute atomic E-state index is 0.0194. The zero-order valence-corrected chi connectivity index (χ0v) is 37.5. The van der Waals surface area contributed by atoms with Gasteiger partial charge in [-0.1, -0.05) is 0 Å². The monoisotopic (exact) mass is 916 g/mol. The molecule has 18 nitrogen and oxygen atoms in total. The number of aliphatic hydroxyl groups is 1. The number of hydrogen-bond acceptors (Lipinski definition) is 16. The molecule has 3 amide bonds. The topological polar surface area (TPSA) is 241 Å². The largest absolute Gasteiger partial charge is 0.419 e. The first-order chi connectivity index (χ1) is 30.5. The van der Waals surface area contributed by atoms with Crippen molar-refractivity contribution in [2.45, 2.75) is 76.7 Å². The van der Waals surface area contributed by atoms with Crippen molar-refractivity contribution in [3.63, 3.8) is 0 Å². The summed E-state index contributed by atoms with van der Waals surface area (Å²) in [5.41, 5.74) is 5.98. The van der Waals surface area contributed by atoms with E-state index in [1.165, 1.54) is 18.2 Å². The summed E-state index contributed by atoms with van der Waals surface area (Å²) in [4.78, 5) is 57.7. The number of nitrogens with two attached hydrogens (primary N) is 2. The summed E-state index contributed by atoms with van der Waals surface area (Å²) in [6.45, 7) is 12.1. The van der Waals surface area contributed by atoms with Gasteiger partial charge in [0.25, 0.3) is 5.91 Å². The van der Waals surface area contributed by atoms with Gasteiger partial charge in [0.1, 0.15) is 23.1 Å². The second-order valence-electron chi connectivity index (χ2n) is 16.5. The number of imide groups is 1. The van der Waals surface area contributed by atoms with Crippen molar-refractivity contribution in [2.24, 2.45) is 26.7 Å². The number of nitrogens with zero attached hydrogens (tertiary/aromatic N) is 8. The minimum atomic E-state index is -4.70. The highest BCUT2D eigenvalue weighted by Crippen LogP contribution is 2.34. The number of piperidine rings is 2. The molecular weight excluding hydrogens is 856 g/mol. The number of aliphatic imine (C=N–C) groups is 2. The van der Waals surface area contributed by atoms with Crippen LogP contribution in [0.25, 0.3) is 5.57 Å². The van der Waals surface area contributed by atoms with Crippen molar-refractivity contribution in [1.82, 2.24) is 29.8 Å². The van der Waals surface area contributed by atoms with Gasteiger partial charge in [-0.05, 0) is 63.8 Å². The zero-order valence-electron chi connectivity index (χ0n) is 36.6. The first-order valence-electron chi connectivity index (χ1n) is 21.4. The summed E-state index contributed by atoms with van der Waals surface area (Å²) < 4.78 is 49.6. The lowest BCUT2D eigenvalue weighted by Crippen LogP contribution is -2.52. The molecule has 8 N–H and O–H groups in total. The summed E-state index contributed by atoms with van der Waals surface area (Å²) in [6.07, 6.45) is 2.74. The Kier molecular flexibility index (Phi) is 18.4. The van der Waals surface area contributed by atoms with Crippen LogP contribution in [0.1, 0.15) is 73.1 Å². The molecule has 1 atom stereocenters.